The molecule has 0 spiro atoms. The Morgan fingerprint density at radius 1 is 1.02 bits per heavy atom. The normalized spacial score (nSPS) is 15.1. The quantitative estimate of drug-likeness (QED) is 0.199. The summed E-state index contributed by atoms with van der Waals surface area (Å²) in [5, 5.41) is 9.26. The Morgan fingerprint density at radius 3 is 2.29 bits per heavy atom. The fraction of sp³-hybridized carbons (Fsp3) is 0.250. The fourth-order valence-electron chi connectivity index (χ4n) is 4.51. The molecule has 0 fully saturated rings. The number of anilines is 1. The van der Waals surface area contributed by atoms with Gasteiger partial charge in [0, 0.05) is 16.2 Å². The number of carbonyl (C=O) groups is 4. The standard InChI is InChI=1S/C19H17Cl2NO4.C9H6ClNO3S/c1-2-26-19(25)16(21)10-11-9-12(7-8-15(11)20)22-17(23)13-5-3-4-6-14(13)18(22)24;10-5-2-1-3-6-8(5)11(4-7(12)13)9(14)15-6/h7-10H,2-6H2,1H3;1-3H,4H2,(H,12,13)/b16-10-;. The van der Waals surface area contributed by atoms with Gasteiger partial charge in [-0.15, -0.1) is 0 Å². The van der Waals surface area contributed by atoms with Gasteiger partial charge in [0.25, 0.3) is 11.8 Å². The van der Waals surface area contributed by atoms with Crippen LogP contribution < -0.4 is 9.77 Å². The third-order valence-electron chi connectivity index (χ3n) is 6.31. The molecule has 41 heavy (non-hydrogen) atoms. The topological polar surface area (TPSA) is 123 Å². The molecule has 13 heteroatoms. The summed E-state index contributed by atoms with van der Waals surface area (Å²) in [4.78, 5) is 59.9. The highest BCUT2D eigenvalue weighted by Crippen LogP contribution is 2.37. The molecule has 1 N–H and O–H groups in total. The Labute approximate surface area is 253 Å². The minimum absolute atomic E-state index is 0.137. The van der Waals surface area contributed by atoms with E-state index in [9.17, 15) is 24.0 Å². The van der Waals surface area contributed by atoms with Crippen LogP contribution in [-0.4, -0.2) is 40.0 Å². The lowest BCUT2D eigenvalue weighted by molar-refractivity contribution is -0.138. The second-order valence-corrected chi connectivity index (χ2v) is 11.2. The number of carbonyl (C=O) groups excluding carboxylic acids is 3. The maximum Gasteiger partial charge on any atom is 0.349 e. The predicted molar refractivity (Wildman–Crippen MR) is 159 cm³/mol. The van der Waals surface area contributed by atoms with Crippen LogP contribution in [0.5, 0.6) is 0 Å². The predicted octanol–water partition coefficient (Wildman–Crippen LogP) is 6.03. The van der Waals surface area contributed by atoms with E-state index >= 15 is 0 Å². The molecular weight excluding hydrogens is 615 g/mol. The molecule has 2 amide bonds. The van der Waals surface area contributed by atoms with Crippen LogP contribution >= 0.6 is 46.1 Å². The van der Waals surface area contributed by atoms with E-state index in [1.165, 1.54) is 15.5 Å². The van der Waals surface area contributed by atoms with Crippen LogP contribution in [0.25, 0.3) is 16.3 Å². The van der Waals surface area contributed by atoms with Gasteiger partial charge in [0.05, 0.1) is 27.5 Å². The Balaban J connectivity index is 0.000000218. The zero-order valence-corrected chi connectivity index (χ0v) is 24.7. The lowest BCUT2D eigenvalue weighted by Gasteiger charge is -2.16. The molecule has 3 aromatic rings. The van der Waals surface area contributed by atoms with Crippen molar-refractivity contribution < 1.29 is 29.0 Å². The first kappa shape index (κ1) is 30.5. The van der Waals surface area contributed by atoms with E-state index in [4.69, 9.17) is 44.6 Å². The molecule has 2 heterocycles. The number of imide groups is 1. The summed E-state index contributed by atoms with van der Waals surface area (Å²) in [5.74, 6) is -2.28. The van der Waals surface area contributed by atoms with Gasteiger partial charge < -0.3 is 9.84 Å². The van der Waals surface area contributed by atoms with Crippen LogP contribution in [0.2, 0.25) is 10.0 Å². The van der Waals surface area contributed by atoms with Gasteiger partial charge in [-0.25, -0.2) is 9.69 Å². The molecule has 5 rings (SSSR count). The van der Waals surface area contributed by atoms with Crippen molar-refractivity contribution in [1.82, 2.24) is 4.57 Å². The molecule has 0 unspecified atom stereocenters. The monoisotopic (exact) mass is 636 g/mol. The number of amides is 2. The van der Waals surface area contributed by atoms with Crippen LogP contribution in [0.4, 0.5) is 5.69 Å². The van der Waals surface area contributed by atoms with Gasteiger partial charge in [-0.2, -0.15) is 0 Å². The minimum Gasteiger partial charge on any atom is -0.480 e. The largest absolute Gasteiger partial charge is 0.480 e. The first-order chi connectivity index (χ1) is 19.5. The maximum atomic E-state index is 12.7. The molecular formula is C28H23Cl3N2O7S. The highest BCUT2D eigenvalue weighted by Gasteiger charge is 2.39. The van der Waals surface area contributed by atoms with Crippen LogP contribution in [0.15, 0.2) is 57.4 Å². The van der Waals surface area contributed by atoms with Crippen LogP contribution in [0.3, 0.4) is 0 Å². The van der Waals surface area contributed by atoms with Gasteiger partial charge in [0.2, 0.25) is 0 Å². The summed E-state index contributed by atoms with van der Waals surface area (Å²) in [6.45, 7) is 1.52. The van der Waals surface area contributed by atoms with Gasteiger partial charge in [0.15, 0.2) is 0 Å². The van der Waals surface area contributed by atoms with Gasteiger partial charge in [-0.3, -0.25) is 23.7 Å². The Bertz CT molecular complexity index is 1660. The maximum absolute atomic E-state index is 12.7. The number of benzene rings is 2. The number of thiazole rings is 1. The molecule has 9 nitrogen and oxygen atoms in total. The van der Waals surface area contributed by atoms with E-state index in [1.54, 1.807) is 43.3 Å². The summed E-state index contributed by atoms with van der Waals surface area (Å²) in [6, 6.07) is 9.84. The summed E-state index contributed by atoms with van der Waals surface area (Å²) in [5.41, 5.74) is 2.54. The van der Waals surface area contributed by atoms with E-state index in [1.807, 2.05) is 0 Å². The number of halogens is 3. The number of rotatable bonds is 6. The third-order valence-corrected chi connectivity index (χ3v) is 8.17. The number of carboxylic acid groups (broad SMARTS) is 1. The first-order valence-electron chi connectivity index (χ1n) is 12.5. The highest BCUT2D eigenvalue weighted by molar-refractivity contribution is 7.16. The minimum atomic E-state index is -1.06. The van der Waals surface area contributed by atoms with Crippen LogP contribution in [0, 0.1) is 0 Å². The van der Waals surface area contributed by atoms with Crippen molar-refractivity contribution in [1.29, 1.82) is 0 Å². The van der Waals surface area contributed by atoms with E-state index in [2.05, 4.69) is 0 Å². The Kier molecular flexibility index (Phi) is 9.70. The Hall–Kier alpha value is -3.44. The van der Waals surface area contributed by atoms with Gasteiger partial charge in [-0.1, -0.05) is 52.2 Å². The zero-order chi connectivity index (χ0) is 29.8. The second kappa shape index (κ2) is 13.0. The molecule has 0 radical (unpaired) electrons. The number of fused-ring (bicyclic) bond motifs is 1. The summed E-state index contributed by atoms with van der Waals surface area (Å²) in [7, 11) is 0. The second-order valence-electron chi connectivity index (χ2n) is 8.96. The summed E-state index contributed by atoms with van der Waals surface area (Å²) < 4.78 is 6.71. The molecule has 0 atom stereocenters. The lowest BCUT2D eigenvalue weighted by Crippen LogP contribution is -2.31. The van der Waals surface area contributed by atoms with E-state index < -0.39 is 11.9 Å². The number of hydrogen-bond acceptors (Lipinski definition) is 7. The van der Waals surface area contributed by atoms with E-state index in [-0.39, 0.29) is 34.9 Å². The SMILES string of the molecule is CCOC(=O)/C(Cl)=C/c1cc(N2C(=O)C3=C(CCCC3)C2=O)ccc1Cl.O=C(O)Cn1c(=O)sc2cccc(Cl)c21. The van der Waals surface area contributed by atoms with E-state index in [0.717, 1.165) is 24.2 Å². The van der Waals surface area contributed by atoms with Gasteiger partial charge >= 0.3 is 16.8 Å². The summed E-state index contributed by atoms with van der Waals surface area (Å²) in [6.07, 6.45) is 4.45. The highest BCUT2D eigenvalue weighted by atomic mass is 35.5. The number of hydrogen-bond donors (Lipinski definition) is 1. The lowest BCUT2D eigenvalue weighted by atomic mass is 9.93. The number of carboxylic acids is 1. The van der Waals surface area contributed by atoms with E-state index in [0.29, 0.717) is 55.5 Å². The van der Waals surface area contributed by atoms with Crippen LogP contribution in [0.1, 0.15) is 38.2 Å². The molecule has 1 aromatic heterocycles. The number of aliphatic carboxylic acids is 1. The Morgan fingerprint density at radius 2 is 1.68 bits per heavy atom. The number of esters is 1. The third kappa shape index (κ3) is 6.56. The van der Waals surface area contributed by atoms with Crippen molar-refractivity contribution >= 4 is 91.9 Å². The molecule has 0 saturated carbocycles. The molecule has 1 aliphatic carbocycles. The molecule has 214 valence electrons. The number of ether oxygens (including phenoxy) is 1. The molecule has 0 bridgehead atoms. The van der Waals surface area contributed by atoms with Crippen molar-refractivity contribution in [3.63, 3.8) is 0 Å². The number of aromatic nitrogens is 1. The molecule has 1 aliphatic heterocycles. The van der Waals surface area contributed by atoms with Crippen molar-refractivity contribution in [2.45, 2.75) is 39.2 Å². The fourth-order valence-corrected chi connectivity index (χ4v) is 6.10. The van der Waals surface area contributed by atoms with Crippen molar-refractivity contribution in [2.24, 2.45) is 0 Å². The summed E-state index contributed by atoms with van der Waals surface area (Å²) >= 11 is 19.0. The van der Waals surface area contributed by atoms with Crippen LogP contribution in [-0.2, 0) is 30.5 Å². The zero-order valence-electron chi connectivity index (χ0n) is 21.6. The molecule has 0 saturated heterocycles. The average molecular weight is 638 g/mol. The van der Waals surface area contributed by atoms with Crippen molar-refractivity contribution in [3.8, 4) is 0 Å². The number of para-hydroxylation sites is 1. The van der Waals surface area contributed by atoms with Crippen molar-refractivity contribution in [2.75, 3.05) is 11.5 Å². The van der Waals surface area contributed by atoms with Crippen molar-refractivity contribution in [3.05, 3.63) is 77.9 Å². The van der Waals surface area contributed by atoms with Gasteiger partial charge in [-0.05, 0) is 74.6 Å². The first-order valence-corrected chi connectivity index (χ1v) is 14.4. The molecule has 2 aromatic carbocycles. The average Bonchev–Trinajstić information content (AvgIpc) is 3.38. The van der Waals surface area contributed by atoms with Gasteiger partial charge in [0.1, 0.15) is 11.6 Å². The smallest absolute Gasteiger partial charge is 0.349 e. The number of nitrogens with zero attached hydrogens (tertiary/aromatic N) is 2. The molecule has 2 aliphatic rings.